The Morgan fingerprint density at radius 2 is 1.14 bits per heavy atom. The molecule has 0 fully saturated rings. The molecule has 3 aromatic carbocycles. The molecule has 28 heavy (non-hydrogen) atoms. The highest BCUT2D eigenvalue weighted by atomic mass is 15.3. The molecule has 0 aliphatic rings. The molecule has 0 aliphatic carbocycles. The predicted octanol–water partition coefficient (Wildman–Crippen LogP) is 5.26. The lowest BCUT2D eigenvalue weighted by molar-refractivity contribution is 0.869. The van der Waals surface area contributed by atoms with Gasteiger partial charge in [0.25, 0.3) is 0 Å². The van der Waals surface area contributed by atoms with Crippen LogP contribution < -0.4 is 0 Å². The number of hydrogen-bond donors (Lipinski definition) is 0. The van der Waals surface area contributed by atoms with E-state index in [0.29, 0.717) is 5.92 Å². The quantitative estimate of drug-likeness (QED) is 0.399. The van der Waals surface area contributed by atoms with Gasteiger partial charge in [-0.15, -0.1) is 0 Å². The largest absolute Gasteiger partial charge is 0.276 e. The summed E-state index contributed by atoms with van der Waals surface area (Å²) in [5.41, 5.74) is 9.19. The summed E-state index contributed by atoms with van der Waals surface area (Å²) in [7, 11) is 0. The Balaban J connectivity index is 1.88. The van der Waals surface area contributed by atoms with Gasteiger partial charge in [-0.2, -0.15) is 0 Å². The van der Waals surface area contributed by atoms with E-state index in [9.17, 15) is 0 Å². The number of rotatable bonds is 1. The summed E-state index contributed by atoms with van der Waals surface area (Å²) < 4.78 is 6.78. The van der Waals surface area contributed by atoms with E-state index in [0.717, 1.165) is 33.6 Å². The Morgan fingerprint density at radius 1 is 0.643 bits per heavy atom. The van der Waals surface area contributed by atoms with E-state index in [2.05, 4.69) is 75.6 Å². The molecule has 7 rings (SSSR count). The van der Waals surface area contributed by atoms with E-state index in [1.165, 1.54) is 22.1 Å². The Bertz CT molecular complexity index is 1570. The number of aromatic nitrogens is 5. The number of imidazole rings is 4. The molecule has 5 heteroatoms. The topological polar surface area (TPSA) is 39.0 Å². The molecular weight excluding hydrogens is 346 g/mol. The van der Waals surface area contributed by atoms with Crippen LogP contribution in [0, 0.1) is 0 Å². The second kappa shape index (κ2) is 4.62. The first kappa shape index (κ1) is 14.5. The lowest BCUT2D eigenvalue weighted by Gasteiger charge is -2.07. The van der Waals surface area contributed by atoms with Crippen LogP contribution in [0.5, 0.6) is 0 Å². The minimum Gasteiger partial charge on any atom is -0.276 e. The van der Waals surface area contributed by atoms with Crippen molar-refractivity contribution in [2.75, 3.05) is 0 Å². The van der Waals surface area contributed by atoms with Crippen molar-refractivity contribution in [3.8, 4) is 0 Å². The van der Waals surface area contributed by atoms with Crippen molar-refractivity contribution in [3.63, 3.8) is 0 Å². The zero-order valence-corrected chi connectivity index (χ0v) is 15.6. The zero-order valence-electron chi connectivity index (χ0n) is 15.6. The van der Waals surface area contributed by atoms with Gasteiger partial charge in [0.15, 0.2) is 0 Å². The highest BCUT2D eigenvalue weighted by Crippen LogP contribution is 2.36. The van der Waals surface area contributed by atoms with Crippen molar-refractivity contribution in [3.05, 3.63) is 66.2 Å². The second-order valence-corrected chi connectivity index (χ2v) is 7.87. The summed E-state index contributed by atoms with van der Waals surface area (Å²) in [6, 6.07) is 21.3. The van der Waals surface area contributed by atoms with Gasteiger partial charge in [-0.05, 0) is 47.9 Å². The standard InChI is InChI=1S/C23H17N5/c1-13(2)14-11-19-21-20(12-14)27-18-10-6-4-8-16(18)25-23(27)28(21)22-24-15-7-3-5-9-17(15)26(19)22/h3-13H,1-2H3. The molecule has 0 radical (unpaired) electrons. The van der Waals surface area contributed by atoms with Crippen molar-refractivity contribution < 1.29 is 0 Å². The highest BCUT2D eigenvalue weighted by molar-refractivity contribution is 6.04. The normalized spacial score (nSPS) is 13.0. The third-order valence-electron chi connectivity index (χ3n) is 5.95. The molecule has 0 saturated carbocycles. The SMILES string of the molecule is CC(C)c1cc2c3c(c1)n1c4ccccc4nc1n3c1nc3ccccc3n21. The van der Waals surface area contributed by atoms with Crippen molar-refractivity contribution in [2.24, 2.45) is 0 Å². The fourth-order valence-corrected chi connectivity index (χ4v) is 4.62. The summed E-state index contributed by atoms with van der Waals surface area (Å²) >= 11 is 0. The number of fused-ring (bicyclic) bond motifs is 10. The molecule has 4 aromatic heterocycles. The molecule has 0 spiro atoms. The molecule has 0 atom stereocenters. The molecule has 5 nitrogen and oxygen atoms in total. The van der Waals surface area contributed by atoms with Gasteiger partial charge in [-0.3, -0.25) is 8.80 Å². The third kappa shape index (κ3) is 1.51. The first-order valence-corrected chi connectivity index (χ1v) is 9.66. The number of benzene rings is 3. The first-order valence-electron chi connectivity index (χ1n) is 9.66. The van der Waals surface area contributed by atoms with Crippen LogP contribution in [0.15, 0.2) is 60.7 Å². The maximum atomic E-state index is 4.97. The minimum absolute atomic E-state index is 0.438. The van der Waals surface area contributed by atoms with E-state index < -0.39 is 0 Å². The molecule has 0 bridgehead atoms. The van der Waals surface area contributed by atoms with Gasteiger partial charge in [-0.1, -0.05) is 38.1 Å². The van der Waals surface area contributed by atoms with Crippen molar-refractivity contribution in [2.45, 2.75) is 19.8 Å². The molecule has 4 heterocycles. The average molecular weight is 363 g/mol. The van der Waals surface area contributed by atoms with Crippen molar-refractivity contribution in [1.29, 1.82) is 0 Å². The predicted molar refractivity (Wildman–Crippen MR) is 113 cm³/mol. The van der Waals surface area contributed by atoms with Gasteiger partial charge in [0, 0.05) is 0 Å². The molecular formula is C23H17N5. The van der Waals surface area contributed by atoms with Gasteiger partial charge in [0.1, 0.15) is 5.52 Å². The Morgan fingerprint density at radius 3 is 1.64 bits per heavy atom. The molecule has 0 N–H and O–H groups in total. The first-order chi connectivity index (χ1) is 13.7. The average Bonchev–Trinajstić information content (AvgIpc) is 3.41. The molecule has 0 unspecified atom stereocenters. The summed E-state index contributed by atoms with van der Waals surface area (Å²) in [6.07, 6.45) is 0. The summed E-state index contributed by atoms with van der Waals surface area (Å²) in [4.78, 5) is 9.95. The van der Waals surface area contributed by atoms with Crippen LogP contribution in [-0.2, 0) is 0 Å². The second-order valence-electron chi connectivity index (χ2n) is 7.87. The summed E-state index contributed by atoms with van der Waals surface area (Å²) in [6.45, 7) is 4.49. The third-order valence-corrected chi connectivity index (χ3v) is 5.95. The van der Waals surface area contributed by atoms with E-state index in [1.54, 1.807) is 0 Å². The van der Waals surface area contributed by atoms with E-state index in [4.69, 9.17) is 9.97 Å². The molecule has 0 aliphatic heterocycles. The maximum absolute atomic E-state index is 4.97. The van der Waals surface area contributed by atoms with Crippen LogP contribution in [0.1, 0.15) is 25.3 Å². The van der Waals surface area contributed by atoms with Crippen LogP contribution in [0.3, 0.4) is 0 Å². The lowest BCUT2D eigenvalue weighted by Crippen LogP contribution is -1.91. The molecule has 0 amide bonds. The Kier molecular flexibility index (Phi) is 2.39. The van der Waals surface area contributed by atoms with Crippen LogP contribution in [0.4, 0.5) is 0 Å². The van der Waals surface area contributed by atoms with Crippen molar-refractivity contribution in [1.82, 2.24) is 23.2 Å². The smallest absolute Gasteiger partial charge is 0.223 e. The Hall–Kier alpha value is -3.60. The van der Waals surface area contributed by atoms with Crippen LogP contribution in [0.2, 0.25) is 0 Å². The lowest BCUT2D eigenvalue weighted by atomic mass is 10.0. The van der Waals surface area contributed by atoms with Gasteiger partial charge >= 0.3 is 0 Å². The van der Waals surface area contributed by atoms with Gasteiger partial charge in [0.2, 0.25) is 11.6 Å². The van der Waals surface area contributed by atoms with E-state index in [-0.39, 0.29) is 0 Å². The zero-order chi connectivity index (χ0) is 18.6. The van der Waals surface area contributed by atoms with Crippen molar-refractivity contribution >= 4 is 50.2 Å². The molecule has 134 valence electrons. The number of nitrogens with zero attached hydrogens (tertiary/aromatic N) is 5. The number of para-hydroxylation sites is 4. The van der Waals surface area contributed by atoms with Crippen LogP contribution >= 0.6 is 0 Å². The van der Waals surface area contributed by atoms with Crippen LogP contribution in [-0.4, -0.2) is 23.2 Å². The fraction of sp³-hybridized carbons (Fsp3) is 0.130. The van der Waals surface area contributed by atoms with Gasteiger partial charge in [0.05, 0.1) is 33.1 Å². The van der Waals surface area contributed by atoms with Gasteiger partial charge < -0.3 is 0 Å². The molecule has 0 saturated heterocycles. The van der Waals surface area contributed by atoms with Crippen LogP contribution in [0.25, 0.3) is 50.2 Å². The van der Waals surface area contributed by atoms with E-state index in [1.807, 2.05) is 12.1 Å². The monoisotopic (exact) mass is 363 g/mol. The number of hydrogen-bond acceptors (Lipinski definition) is 2. The van der Waals surface area contributed by atoms with Gasteiger partial charge in [-0.25, -0.2) is 14.4 Å². The fourth-order valence-electron chi connectivity index (χ4n) is 4.62. The summed E-state index contributed by atoms with van der Waals surface area (Å²) in [5.74, 6) is 2.28. The highest BCUT2D eigenvalue weighted by Gasteiger charge is 2.24. The van der Waals surface area contributed by atoms with E-state index >= 15 is 0 Å². The minimum atomic E-state index is 0.438. The molecule has 7 aromatic rings. The summed E-state index contributed by atoms with van der Waals surface area (Å²) in [5, 5.41) is 0. The maximum Gasteiger partial charge on any atom is 0.223 e. The Labute approximate surface area is 159 Å².